The second-order valence-electron chi connectivity index (χ2n) is 6.35. The minimum absolute atomic E-state index is 0.0745. The summed E-state index contributed by atoms with van der Waals surface area (Å²) < 4.78 is 10.5. The lowest BCUT2D eigenvalue weighted by atomic mass is 9.92. The topological polar surface area (TPSA) is 101 Å². The predicted octanol–water partition coefficient (Wildman–Crippen LogP) is 2.52. The van der Waals surface area contributed by atoms with E-state index in [2.05, 4.69) is 5.32 Å². The highest BCUT2D eigenvalue weighted by Crippen LogP contribution is 2.35. The molecule has 0 aliphatic carbocycles. The number of carbonyl (C=O) groups excluding carboxylic acids is 1. The van der Waals surface area contributed by atoms with Gasteiger partial charge in [0.25, 0.3) is 0 Å². The van der Waals surface area contributed by atoms with E-state index < -0.39 is 5.54 Å². The lowest BCUT2D eigenvalue weighted by molar-refractivity contribution is -0.131. The Bertz CT molecular complexity index is 831. The highest BCUT2D eigenvalue weighted by atomic mass is 32.1. The first-order chi connectivity index (χ1) is 12.4. The van der Waals surface area contributed by atoms with Crippen LogP contribution < -0.4 is 20.5 Å². The molecule has 1 aliphatic heterocycles. The monoisotopic (exact) mass is 374 g/mol. The fourth-order valence-corrected chi connectivity index (χ4v) is 3.90. The molecule has 1 saturated heterocycles. The average molecular weight is 374 g/mol. The van der Waals surface area contributed by atoms with Crippen LogP contribution in [0, 0.1) is 5.41 Å². The molecule has 3 rings (SSSR count). The summed E-state index contributed by atoms with van der Waals surface area (Å²) in [6.45, 7) is 2.20. The third kappa shape index (κ3) is 3.32. The molecule has 0 radical (unpaired) electrons. The number of hydrogen-bond acceptors (Lipinski definition) is 6. The van der Waals surface area contributed by atoms with Crippen molar-refractivity contribution in [1.29, 1.82) is 5.41 Å². The number of nitrogens with two attached hydrogens (primary N) is 1. The van der Waals surface area contributed by atoms with Gasteiger partial charge in [0.05, 0.1) is 37.7 Å². The fraction of sp³-hybridized carbons (Fsp3) is 0.333. The zero-order valence-electron chi connectivity index (χ0n) is 15.0. The number of benzene rings is 1. The first-order valence-corrected chi connectivity index (χ1v) is 8.92. The van der Waals surface area contributed by atoms with E-state index in [1.807, 2.05) is 31.2 Å². The second kappa shape index (κ2) is 6.87. The molecule has 2 aromatic rings. The number of rotatable bonds is 5. The van der Waals surface area contributed by atoms with E-state index >= 15 is 0 Å². The zero-order chi connectivity index (χ0) is 18.9. The number of hydrogen-bond donors (Lipinski definition) is 3. The summed E-state index contributed by atoms with van der Waals surface area (Å²) in [5.74, 6) is 1.17. The second-order valence-corrected chi connectivity index (χ2v) is 7.47. The van der Waals surface area contributed by atoms with E-state index in [1.54, 1.807) is 20.3 Å². The summed E-state index contributed by atoms with van der Waals surface area (Å²) in [4.78, 5) is 15.1. The minimum Gasteiger partial charge on any atom is -0.493 e. The Labute approximate surface area is 156 Å². The summed E-state index contributed by atoms with van der Waals surface area (Å²) in [6.07, 6.45) is 0.253. The van der Waals surface area contributed by atoms with Crippen molar-refractivity contribution in [1.82, 2.24) is 10.2 Å². The maximum absolute atomic E-state index is 12.7. The Morgan fingerprint density at radius 3 is 2.58 bits per heavy atom. The first-order valence-electron chi connectivity index (χ1n) is 8.10. The fourth-order valence-electron chi connectivity index (χ4n) is 3.02. The van der Waals surface area contributed by atoms with Crippen LogP contribution in [-0.2, 0) is 16.9 Å². The molecular formula is C18H22N4O3S. The number of methoxy groups -OCH3 is 2. The molecule has 1 aromatic carbocycles. The van der Waals surface area contributed by atoms with Crippen LogP contribution in [0.5, 0.6) is 11.5 Å². The third-order valence-electron chi connectivity index (χ3n) is 4.43. The Kier molecular flexibility index (Phi) is 4.78. The van der Waals surface area contributed by atoms with E-state index in [-0.39, 0.29) is 24.8 Å². The van der Waals surface area contributed by atoms with Crippen molar-refractivity contribution >= 4 is 28.2 Å². The van der Waals surface area contributed by atoms with Crippen molar-refractivity contribution in [2.45, 2.75) is 25.4 Å². The number of nitrogens with one attached hydrogen (secondary N) is 2. The first kappa shape index (κ1) is 18.1. The number of nitrogens with zero attached hydrogens (tertiary/aromatic N) is 1. The molecule has 1 amide bonds. The third-order valence-corrected chi connectivity index (χ3v) is 5.61. The minimum atomic E-state index is -0.620. The van der Waals surface area contributed by atoms with E-state index in [9.17, 15) is 4.79 Å². The molecule has 2 heterocycles. The molecule has 0 spiro atoms. The summed E-state index contributed by atoms with van der Waals surface area (Å²) in [6, 6.07) is 9.18. The van der Waals surface area contributed by atoms with Gasteiger partial charge in [0.2, 0.25) is 5.91 Å². The molecule has 0 bridgehead atoms. The van der Waals surface area contributed by atoms with Crippen LogP contribution in [0.1, 0.15) is 23.8 Å². The maximum Gasteiger partial charge on any atom is 0.232 e. The molecule has 8 heteroatoms. The molecule has 0 saturated carbocycles. The summed E-state index contributed by atoms with van der Waals surface area (Å²) in [5, 5.41) is 12.2. The molecule has 7 nitrogen and oxygen atoms in total. The van der Waals surface area contributed by atoms with Crippen LogP contribution in [0.15, 0.2) is 30.3 Å². The highest BCUT2D eigenvalue weighted by molar-refractivity contribution is 7.16. The Morgan fingerprint density at radius 2 is 2.00 bits per heavy atom. The summed E-state index contributed by atoms with van der Waals surface area (Å²) in [5.41, 5.74) is 6.05. The number of amides is 1. The van der Waals surface area contributed by atoms with Gasteiger partial charge in [-0.3, -0.25) is 15.1 Å². The van der Waals surface area contributed by atoms with Crippen LogP contribution in [0.25, 0.3) is 0 Å². The van der Waals surface area contributed by atoms with Gasteiger partial charge in [-0.1, -0.05) is 6.07 Å². The van der Waals surface area contributed by atoms with Crippen molar-refractivity contribution < 1.29 is 14.3 Å². The van der Waals surface area contributed by atoms with Crippen LogP contribution in [0.4, 0.5) is 5.00 Å². The molecule has 1 atom stereocenters. The number of anilines is 1. The van der Waals surface area contributed by atoms with E-state index in [4.69, 9.17) is 20.6 Å². The maximum atomic E-state index is 12.7. The van der Waals surface area contributed by atoms with E-state index in [1.165, 1.54) is 16.2 Å². The highest BCUT2D eigenvalue weighted by Gasteiger charge is 2.40. The number of nitrogen functional groups attached to an aromatic ring is 1. The van der Waals surface area contributed by atoms with Crippen molar-refractivity contribution in [2.24, 2.45) is 0 Å². The van der Waals surface area contributed by atoms with Crippen LogP contribution in [0.2, 0.25) is 0 Å². The van der Waals surface area contributed by atoms with Gasteiger partial charge in [0.1, 0.15) is 0 Å². The summed E-state index contributed by atoms with van der Waals surface area (Å²) >= 11 is 1.43. The van der Waals surface area contributed by atoms with Crippen molar-refractivity contribution in [3.8, 4) is 11.5 Å². The van der Waals surface area contributed by atoms with Gasteiger partial charge in [0.15, 0.2) is 17.5 Å². The number of carbonyl (C=O) groups is 1. The molecular weight excluding hydrogens is 352 g/mol. The average Bonchev–Trinajstić information content (AvgIpc) is 3.05. The van der Waals surface area contributed by atoms with Crippen LogP contribution in [0.3, 0.4) is 0 Å². The standard InChI is InChI=1S/C18H22N4O3S/c1-18(14-6-7-15(19)26-14)9-16(23)22(17(20)21-18)10-11-4-5-12(24-2)13(8-11)25-3/h4-8H,9-10,19H2,1-3H3,(H2,20,21)/t18-/m0/s1. The largest absolute Gasteiger partial charge is 0.493 e. The molecule has 1 aromatic heterocycles. The Balaban J connectivity index is 1.79. The van der Waals surface area contributed by atoms with Crippen molar-refractivity contribution in [3.05, 3.63) is 40.8 Å². The van der Waals surface area contributed by atoms with Gasteiger partial charge in [-0.2, -0.15) is 0 Å². The van der Waals surface area contributed by atoms with Crippen LogP contribution in [-0.4, -0.2) is 31.0 Å². The van der Waals surface area contributed by atoms with E-state index in [0.29, 0.717) is 16.5 Å². The van der Waals surface area contributed by atoms with Crippen LogP contribution >= 0.6 is 11.3 Å². The number of thiophene rings is 1. The number of guanidine groups is 1. The van der Waals surface area contributed by atoms with Gasteiger partial charge in [-0.15, -0.1) is 11.3 Å². The summed E-state index contributed by atoms with van der Waals surface area (Å²) in [7, 11) is 3.14. The molecule has 1 fully saturated rings. The van der Waals surface area contributed by atoms with Crippen molar-refractivity contribution in [3.63, 3.8) is 0 Å². The SMILES string of the molecule is COc1ccc(CN2C(=N)N[C@](C)(c3ccc(N)s3)CC2=O)cc1OC. The van der Waals surface area contributed by atoms with Gasteiger partial charge in [-0.25, -0.2) is 0 Å². The zero-order valence-corrected chi connectivity index (χ0v) is 15.8. The molecule has 1 aliphatic rings. The molecule has 138 valence electrons. The number of ether oxygens (including phenoxy) is 2. The smallest absolute Gasteiger partial charge is 0.232 e. The Hall–Kier alpha value is -2.74. The molecule has 0 unspecified atom stereocenters. The van der Waals surface area contributed by atoms with Gasteiger partial charge in [0, 0.05) is 4.88 Å². The normalized spacial score (nSPS) is 20.0. The molecule has 4 N–H and O–H groups in total. The Morgan fingerprint density at radius 1 is 1.27 bits per heavy atom. The molecule has 26 heavy (non-hydrogen) atoms. The van der Waals surface area contributed by atoms with Gasteiger partial charge in [-0.05, 0) is 36.8 Å². The quantitative estimate of drug-likeness (QED) is 0.747. The van der Waals surface area contributed by atoms with Crippen molar-refractivity contribution in [2.75, 3.05) is 20.0 Å². The van der Waals surface area contributed by atoms with E-state index in [0.717, 1.165) is 10.4 Å². The lowest BCUT2D eigenvalue weighted by Gasteiger charge is -2.40. The van der Waals surface area contributed by atoms with Gasteiger partial charge < -0.3 is 20.5 Å². The lowest BCUT2D eigenvalue weighted by Crippen LogP contribution is -2.58. The van der Waals surface area contributed by atoms with Gasteiger partial charge >= 0.3 is 0 Å². The predicted molar refractivity (Wildman–Crippen MR) is 102 cm³/mol.